The SMILES string of the molecule is Cc1ccc(C2NC3(CC3)C(=O)N2C2C(C)(C)C2(C)C)s1. The Labute approximate surface area is 130 Å². The highest BCUT2D eigenvalue weighted by Crippen LogP contribution is 2.68. The van der Waals surface area contributed by atoms with E-state index in [1.54, 1.807) is 0 Å². The van der Waals surface area contributed by atoms with Gasteiger partial charge in [0.15, 0.2) is 0 Å². The van der Waals surface area contributed by atoms with Gasteiger partial charge < -0.3 is 4.90 Å². The van der Waals surface area contributed by atoms with Gasteiger partial charge in [-0.2, -0.15) is 0 Å². The van der Waals surface area contributed by atoms with E-state index in [9.17, 15) is 4.79 Å². The van der Waals surface area contributed by atoms with E-state index in [1.807, 2.05) is 11.3 Å². The molecule has 21 heavy (non-hydrogen) atoms. The van der Waals surface area contributed by atoms with E-state index in [4.69, 9.17) is 0 Å². The lowest BCUT2D eigenvalue weighted by molar-refractivity contribution is -0.132. The maximum Gasteiger partial charge on any atom is 0.244 e. The number of nitrogens with one attached hydrogen (secondary N) is 1. The number of carbonyl (C=O) groups is 1. The van der Waals surface area contributed by atoms with E-state index in [0.29, 0.717) is 11.9 Å². The molecular formula is C17H24N2OS. The molecule has 1 aliphatic heterocycles. The Kier molecular flexibility index (Phi) is 2.44. The van der Waals surface area contributed by atoms with Crippen LogP contribution < -0.4 is 5.32 Å². The summed E-state index contributed by atoms with van der Waals surface area (Å²) < 4.78 is 0. The van der Waals surface area contributed by atoms with Crippen LogP contribution in [0.25, 0.3) is 0 Å². The quantitative estimate of drug-likeness (QED) is 0.907. The molecule has 1 N–H and O–H groups in total. The van der Waals surface area contributed by atoms with Gasteiger partial charge in [-0.05, 0) is 42.7 Å². The summed E-state index contributed by atoms with van der Waals surface area (Å²) in [6, 6.07) is 4.67. The first-order valence-electron chi connectivity index (χ1n) is 7.87. The summed E-state index contributed by atoms with van der Waals surface area (Å²) in [5.74, 6) is 0.335. The molecule has 3 aliphatic rings. The van der Waals surface area contributed by atoms with Crippen LogP contribution in [0.2, 0.25) is 0 Å². The number of thiophene rings is 1. The average Bonchev–Trinajstić information content (AvgIpc) is 3.11. The Bertz CT molecular complexity index is 612. The summed E-state index contributed by atoms with van der Waals surface area (Å²) in [7, 11) is 0. The zero-order valence-corrected chi connectivity index (χ0v) is 14.3. The predicted molar refractivity (Wildman–Crippen MR) is 85.1 cm³/mol. The van der Waals surface area contributed by atoms with Crippen LogP contribution in [0, 0.1) is 17.8 Å². The third-order valence-corrected chi connectivity index (χ3v) is 7.39. The summed E-state index contributed by atoms with van der Waals surface area (Å²) in [5.41, 5.74) is 0.141. The maximum absolute atomic E-state index is 13.0. The van der Waals surface area contributed by atoms with Gasteiger partial charge in [0.25, 0.3) is 0 Å². The molecule has 4 heteroatoms. The van der Waals surface area contributed by atoms with Crippen molar-refractivity contribution in [1.82, 2.24) is 10.2 Å². The Morgan fingerprint density at radius 2 is 1.81 bits per heavy atom. The molecule has 4 rings (SSSR count). The summed E-state index contributed by atoms with van der Waals surface area (Å²) in [6.07, 6.45) is 2.07. The number of nitrogens with zero attached hydrogens (tertiary/aromatic N) is 1. The fourth-order valence-electron chi connectivity index (χ4n) is 4.17. The number of rotatable bonds is 2. The van der Waals surface area contributed by atoms with Gasteiger partial charge in [0.2, 0.25) is 5.91 Å². The van der Waals surface area contributed by atoms with Crippen molar-refractivity contribution < 1.29 is 4.79 Å². The van der Waals surface area contributed by atoms with Crippen LogP contribution in [0.3, 0.4) is 0 Å². The third kappa shape index (κ3) is 1.61. The second-order valence-electron chi connectivity index (χ2n) is 8.14. The smallest absolute Gasteiger partial charge is 0.244 e. The number of hydrogen-bond donors (Lipinski definition) is 1. The molecule has 1 saturated heterocycles. The Morgan fingerprint density at radius 1 is 1.19 bits per heavy atom. The zero-order chi connectivity index (χ0) is 15.2. The molecule has 2 heterocycles. The number of amides is 1. The van der Waals surface area contributed by atoms with Crippen molar-refractivity contribution in [1.29, 1.82) is 0 Å². The normalized spacial score (nSPS) is 32.0. The summed E-state index contributed by atoms with van der Waals surface area (Å²) in [4.78, 5) is 17.8. The number of hydrogen-bond acceptors (Lipinski definition) is 3. The molecule has 1 spiro atoms. The van der Waals surface area contributed by atoms with Crippen LogP contribution in [-0.2, 0) is 4.79 Å². The molecule has 1 aromatic heterocycles. The number of aryl methyl sites for hydroxylation is 1. The lowest BCUT2D eigenvalue weighted by Gasteiger charge is -2.26. The van der Waals surface area contributed by atoms with Crippen LogP contribution in [0.4, 0.5) is 0 Å². The van der Waals surface area contributed by atoms with E-state index in [2.05, 4.69) is 57.0 Å². The topological polar surface area (TPSA) is 32.3 Å². The van der Waals surface area contributed by atoms with Crippen LogP contribution in [0.15, 0.2) is 12.1 Å². The van der Waals surface area contributed by atoms with Gasteiger partial charge in [-0.3, -0.25) is 10.1 Å². The lowest BCUT2D eigenvalue weighted by Crippen LogP contribution is -2.36. The summed E-state index contributed by atoms with van der Waals surface area (Å²) >= 11 is 1.81. The molecule has 3 fully saturated rings. The summed E-state index contributed by atoms with van der Waals surface area (Å²) in [6.45, 7) is 11.3. The van der Waals surface area contributed by atoms with Gasteiger partial charge in [-0.15, -0.1) is 11.3 Å². The second kappa shape index (κ2) is 3.72. The van der Waals surface area contributed by atoms with Crippen molar-refractivity contribution in [3.63, 3.8) is 0 Å². The highest BCUT2D eigenvalue weighted by molar-refractivity contribution is 7.12. The van der Waals surface area contributed by atoms with Gasteiger partial charge >= 0.3 is 0 Å². The predicted octanol–water partition coefficient (Wildman–Crippen LogP) is 3.45. The van der Waals surface area contributed by atoms with Crippen LogP contribution in [0.1, 0.15) is 56.5 Å². The third-order valence-electron chi connectivity index (χ3n) is 6.34. The minimum absolute atomic E-state index is 0.0738. The fourth-order valence-corrected chi connectivity index (χ4v) is 5.10. The molecule has 2 saturated carbocycles. The van der Waals surface area contributed by atoms with E-state index in [-0.39, 0.29) is 22.5 Å². The molecular weight excluding hydrogens is 280 g/mol. The number of carbonyl (C=O) groups excluding carboxylic acids is 1. The van der Waals surface area contributed by atoms with Crippen LogP contribution in [-0.4, -0.2) is 22.4 Å². The van der Waals surface area contributed by atoms with E-state index in [1.165, 1.54) is 9.75 Å². The van der Waals surface area contributed by atoms with Crippen molar-refractivity contribution in [2.45, 2.75) is 65.2 Å². The molecule has 2 aliphatic carbocycles. The monoisotopic (exact) mass is 304 g/mol. The first kappa shape index (κ1) is 13.8. The van der Waals surface area contributed by atoms with E-state index < -0.39 is 0 Å². The first-order valence-corrected chi connectivity index (χ1v) is 8.69. The van der Waals surface area contributed by atoms with E-state index >= 15 is 0 Å². The zero-order valence-electron chi connectivity index (χ0n) is 13.5. The molecule has 0 aromatic carbocycles. The van der Waals surface area contributed by atoms with Crippen LogP contribution >= 0.6 is 11.3 Å². The van der Waals surface area contributed by atoms with Gasteiger partial charge in [0, 0.05) is 15.8 Å². The standard InChI is InChI=1S/C17H24N2OS/c1-10-6-7-11(21-10)12-18-17(8-9-17)14(20)19(12)13-15(2,3)16(13,4)5/h6-7,12-13,18H,8-9H2,1-5H3. The van der Waals surface area contributed by atoms with E-state index in [0.717, 1.165) is 12.8 Å². The van der Waals surface area contributed by atoms with Crippen LogP contribution in [0.5, 0.6) is 0 Å². The highest BCUT2D eigenvalue weighted by atomic mass is 32.1. The van der Waals surface area contributed by atoms with Gasteiger partial charge in [-0.25, -0.2) is 0 Å². The van der Waals surface area contributed by atoms with Crippen molar-refractivity contribution in [3.8, 4) is 0 Å². The summed E-state index contributed by atoms with van der Waals surface area (Å²) in [5, 5.41) is 3.65. The van der Waals surface area contributed by atoms with Gasteiger partial charge in [0.1, 0.15) is 11.7 Å². The Balaban J connectivity index is 1.74. The van der Waals surface area contributed by atoms with Gasteiger partial charge in [-0.1, -0.05) is 27.7 Å². The fraction of sp³-hybridized carbons (Fsp3) is 0.706. The maximum atomic E-state index is 13.0. The molecule has 114 valence electrons. The van der Waals surface area contributed by atoms with Gasteiger partial charge in [0.05, 0.1) is 0 Å². The first-order chi connectivity index (χ1) is 9.71. The molecule has 3 nitrogen and oxygen atoms in total. The van der Waals surface area contributed by atoms with Crippen molar-refractivity contribution >= 4 is 17.2 Å². The minimum atomic E-state index is -0.239. The van der Waals surface area contributed by atoms with Crippen molar-refractivity contribution in [2.24, 2.45) is 10.8 Å². The molecule has 0 bridgehead atoms. The van der Waals surface area contributed by atoms with Crippen molar-refractivity contribution in [2.75, 3.05) is 0 Å². The average molecular weight is 304 g/mol. The molecule has 0 radical (unpaired) electrons. The lowest BCUT2D eigenvalue weighted by atomic mass is 10.0. The largest absolute Gasteiger partial charge is 0.316 e. The molecule has 1 amide bonds. The minimum Gasteiger partial charge on any atom is -0.316 e. The highest BCUT2D eigenvalue weighted by Gasteiger charge is 2.73. The second-order valence-corrected chi connectivity index (χ2v) is 9.46. The Morgan fingerprint density at radius 3 is 2.24 bits per heavy atom. The Hall–Kier alpha value is -0.870. The molecule has 1 unspecified atom stereocenters. The molecule has 1 atom stereocenters. The molecule has 1 aromatic rings. The van der Waals surface area contributed by atoms with Crippen molar-refractivity contribution in [3.05, 3.63) is 21.9 Å².